The average molecular weight is 212 g/mol. The summed E-state index contributed by atoms with van der Waals surface area (Å²) in [6.07, 6.45) is 1.36. The molecule has 5 heteroatoms. The number of aliphatic carboxylic acids is 1. The van der Waals surface area contributed by atoms with Gasteiger partial charge in [0.25, 0.3) is 0 Å². The van der Waals surface area contributed by atoms with Crippen LogP contribution in [0.1, 0.15) is 12.7 Å². The van der Waals surface area contributed by atoms with E-state index in [1.165, 1.54) is 26.4 Å². The number of rotatable bonds is 4. The fourth-order valence-electron chi connectivity index (χ4n) is 1.17. The van der Waals surface area contributed by atoms with Crippen LogP contribution in [0.2, 0.25) is 0 Å². The first-order valence-electron chi connectivity index (χ1n) is 4.43. The molecule has 1 heterocycles. The molecule has 82 valence electrons. The number of carbonyl (C=O) groups is 1. The van der Waals surface area contributed by atoms with Crippen molar-refractivity contribution in [1.29, 1.82) is 0 Å². The SMILES string of the molecule is COc1c(CC(C)C(=O)O)occc1=O. The second-order valence-electron chi connectivity index (χ2n) is 3.18. The van der Waals surface area contributed by atoms with Crippen LogP contribution in [-0.4, -0.2) is 18.2 Å². The number of carboxylic acid groups (broad SMARTS) is 1. The molecule has 0 fully saturated rings. The molecule has 0 amide bonds. The first kappa shape index (κ1) is 11.3. The van der Waals surface area contributed by atoms with Gasteiger partial charge in [-0.25, -0.2) is 0 Å². The van der Waals surface area contributed by atoms with Crippen LogP contribution in [0.3, 0.4) is 0 Å². The van der Waals surface area contributed by atoms with Crippen molar-refractivity contribution in [2.45, 2.75) is 13.3 Å². The lowest BCUT2D eigenvalue weighted by Crippen LogP contribution is -2.15. The minimum atomic E-state index is -0.941. The van der Waals surface area contributed by atoms with Crippen molar-refractivity contribution in [1.82, 2.24) is 0 Å². The molecule has 15 heavy (non-hydrogen) atoms. The molecule has 5 nitrogen and oxygen atoms in total. The summed E-state index contributed by atoms with van der Waals surface area (Å²) in [5, 5.41) is 8.72. The van der Waals surface area contributed by atoms with E-state index in [9.17, 15) is 9.59 Å². The van der Waals surface area contributed by atoms with E-state index in [1.807, 2.05) is 0 Å². The Morgan fingerprint density at radius 1 is 1.67 bits per heavy atom. The van der Waals surface area contributed by atoms with Crippen molar-refractivity contribution in [2.75, 3.05) is 7.11 Å². The van der Waals surface area contributed by atoms with Gasteiger partial charge in [-0.05, 0) is 0 Å². The third-order valence-corrected chi connectivity index (χ3v) is 2.02. The molecular weight excluding hydrogens is 200 g/mol. The number of ether oxygens (including phenoxy) is 1. The van der Waals surface area contributed by atoms with Crippen LogP contribution < -0.4 is 10.2 Å². The van der Waals surface area contributed by atoms with Crippen molar-refractivity contribution in [3.8, 4) is 5.75 Å². The molecule has 0 saturated carbocycles. The minimum absolute atomic E-state index is 0.0746. The van der Waals surface area contributed by atoms with Crippen LogP contribution in [0.15, 0.2) is 21.5 Å². The zero-order chi connectivity index (χ0) is 11.4. The second-order valence-corrected chi connectivity index (χ2v) is 3.18. The molecule has 1 atom stereocenters. The van der Waals surface area contributed by atoms with Crippen LogP contribution >= 0.6 is 0 Å². The highest BCUT2D eigenvalue weighted by Crippen LogP contribution is 2.16. The maximum Gasteiger partial charge on any atom is 0.306 e. The third kappa shape index (κ3) is 2.59. The molecule has 0 spiro atoms. The zero-order valence-electron chi connectivity index (χ0n) is 8.52. The first-order valence-corrected chi connectivity index (χ1v) is 4.43. The van der Waals surface area contributed by atoms with E-state index in [4.69, 9.17) is 14.3 Å². The molecule has 0 bridgehead atoms. The summed E-state index contributed by atoms with van der Waals surface area (Å²) >= 11 is 0. The Morgan fingerprint density at radius 2 is 2.33 bits per heavy atom. The highest BCUT2D eigenvalue weighted by atomic mass is 16.5. The van der Waals surface area contributed by atoms with Crippen molar-refractivity contribution in [2.24, 2.45) is 5.92 Å². The van der Waals surface area contributed by atoms with Crippen molar-refractivity contribution in [3.63, 3.8) is 0 Å². The van der Waals surface area contributed by atoms with Gasteiger partial charge >= 0.3 is 5.97 Å². The van der Waals surface area contributed by atoms with E-state index >= 15 is 0 Å². The van der Waals surface area contributed by atoms with E-state index in [1.54, 1.807) is 0 Å². The lowest BCUT2D eigenvalue weighted by atomic mass is 10.1. The van der Waals surface area contributed by atoms with Gasteiger partial charge in [-0.1, -0.05) is 6.92 Å². The van der Waals surface area contributed by atoms with Gasteiger partial charge in [0.05, 0.1) is 19.3 Å². The summed E-state index contributed by atoms with van der Waals surface area (Å²) in [5.41, 5.74) is -0.309. The maximum absolute atomic E-state index is 11.3. The van der Waals surface area contributed by atoms with E-state index in [2.05, 4.69) is 0 Å². The highest BCUT2D eigenvalue weighted by molar-refractivity contribution is 5.69. The second kappa shape index (κ2) is 4.63. The lowest BCUT2D eigenvalue weighted by molar-refractivity contribution is -0.141. The summed E-state index contributed by atoms with van der Waals surface area (Å²) < 4.78 is 9.92. The van der Waals surface area contributed by atoms with Gasteiger partial charge in [0.15, 0.2) is 0 Å². The molecule has 1 rings (SSSR count). The molecule has 0 saturated heterocycles. The van der Waals surface area contributed by atoms with Crippen LogP contribution in [0.5, 0.6) is 5.75 Å². The van der Waals surface area contributed by atoms with Crippen LogP contribution in [0.25, 0.3) is 0 Å². The first-order chi connectivity index (χ1) is 7.06. The van der Waals surface area contributed by atoms with E-state index in [0.29, 0.717) is 0 Å². The molecule has 0 aliphatic rings. The normalized spacial score (nSPS) is 12.1. The standard InChI is InChI=1S/C10H12O5/c1-6(10(12)13)5-8-9(14-2)7(11)3-4-15-8/h3-4,6H,5H2,1-2H3,(H,12,13). The Balaban J connectivity index is 2.99. The zero-order valence-corrected chi connectivity index (χ0v) is 8.52. The predicted molar refractivity (Wildman–Crippen MR) is 52.0 cm³/mol. The van der Waals surface area contributed by atoms with Gasteiger partial charge < -0.3 is 14.3 Å². The summed E-state index contributed by atoms with van der Waals surface area (Å²) in [4.78, 5) is 21.9. The van der Waals surface area contributed by atoms with Gasteiger partial charge in [0.1, 0.15) is 5.76 Å². The molecule has 1 N–H and O–H groups in total. The summed E-state index contributed by atoms with van der Waals surface area (Å²) in [5.74, 6) is -1.22. The molecule has 0 aliphatic carbocycles. The molecular formula is C10H12O5. The van der Waals surface area contributed by atoms with Crippen LogP contribution in [0, 0.1) is 5.92 Å². The molecule has 0 radical (unpaired) electrons. The Kier molecular flexibility index (Phi) is 3.49. The summed E-state index contributed by atoms with van der Waals surface area (Å²) in [6.45, 7) is 1.54. The number of hydrogen-bond acceptors (Lipinski definition) is 4. The number of methoxy groups -OCH3 is 1. The molecule has 1 aromatic rings. The topological polar surface area (TPSA) is 76.7 Å². The quantitative estimate of drug-likeness (QED) is 0.802. The van der Waals surface area contributed by atoms with Crippen molar-refractivity contribution < 1.29 is 19.1 Å². The number of carboxylic acids is 1. The van der Waals surface area contributed by atoms with Crippen molar-refractivity contribution in [3.05, 3.63) is 28.3 Å². The van der Waals surface area contributed by atoms with Crippen LogP contribution in [0.4, 0.5) is 0 Å². The van der Waals surface area contributed by atoms with E-state index in [-0.39, 0.29) is 23.4 Å². The molecule has 0 aromatic carbocycles. The maximum atomic E-state index is 11.3. The highest BCUT2D eigenvalue weighted by Gasteiger charge is 2.17. The Labute approximate surface area is 86.3 Å². The minimum Gasteiger partial charge on any atom is -0.490 e. The van der Waals surface area contributed by atoms with Gasteiger partial charge in [-0.2, -0.15) is 0 Å². The number of hydrogen-bond donors (Lipinski definition) is 1. The average Bonchev–Trinajstić information content (AvgIpc) is 2.18. The largest absolute Gasteiger partial charge is 0.490 e. The molecule has 1 aromatic heterocycles. The van der Waals surface area contributed by atoms with Crippen molar-refractivity contribution >= 4 is 5.97 Å². The fourth-order valence-corrected chi connectivity index (χ4v) is 1.17. The van der Waals surface area contributed by atoms with Gasteiger partial charge in [-0.3, -0.25) is 9.59 Å². The monoisotopic (exact) mass is 212 g/mol. The van der Waals surface area contributed by atoms with E-state index in [0.717, 1.165) is 0 Å². The Hall–Kier alpha value is -1.78. The van der Waals surface area contributed by atoms with E-state index < -0.39 is 11.9 Å². The van der Waals surface area contributed by atoms with Crippen LogP contribution in [-0.2, 0) is 11.2 Å². The summed E-state index contributed by atoms with van der Waals surface area (Å²) in [7, 11) is 1.35. The Morgan fingerprint density at radius 3 is 2.87 bits per heavy atom. The van der Waals surface area contributed by atoms with Gasteiger partial charge in [0.2, 0.25) is 11.2 Å². The predicted octanol–water partition coefficient (Wildman–Crippen LogP) is 0.912. The lowest BCUT2D eigenvalue weighted by Gasteiger charge is -2.08. The molecule has 0 aliphatic heterocycles. The molecule has 1 unspecified atom stereocenters. The van der Waals surface area contributed by atoms with Gasteiger partial charge in [-0.15, -0.1) is 0 Å². The van der Waals surface area contributed by atoms with Gasteiger partial charge in [0, 0.05) is 12.5 Å². The Bertz CT molecular complexity index is 407. The fraction of sp³-hybridized carbons (Fsp3) is 0.400. The summed E-state index contributed by atoms with van der Waals surface area (Å²) in [6, 6.07) is 1.23. The smallest absolute Gasteiger partial charge is 0.306 e. The third-order valence-electron chi connectivity index (χ3n) is 2.02.